The van der Waals surface area contributed by atoms with E-state index in [1.807, 2.05) is 23.5 Å². The first kappa shape index (κ1) is 14.6. The number of hydrogen-bond donors (Lipinski definition) is 1. The first-order chi connectivity index (χ1) is 8.98. The average Bonchev–Trinajstić information content (AvgIpc) is 2.81. The van der Waals surface area contributed by atoms with Crippen LogP contribution in [0.1, 0.15) is 39.5 Å². The van der Waals surface area contributed by atoms with Gasteiger partial charge in [0, 0.05) is 18.1 Å². The van der Waals surface area contributed by atoms with Crippen LogP contribution in [0.5, 0.6) is 0 Å². The molecule has 3 fully saturated rings. The van der Waals surface area contributed by atoms with E-state index in [4.69, 9.17) is 4.74 Å². The fourth-order valence-electron chi connectivity index (χ4n) is 3.94. The molecule has 1 spiro atoms. The maximum absolute atomic E-state index is 11.4. The van der Waals surface area contributed by atoms with E-state index < -0.39 is 5.60 Å². The zero-order valence-corrected chi connectivity index (χ0v) is 13.7. The van der Waals surface area contributed by atoms with Gasteiger partial charge >= 0.3 is 0 Å². The van der Waals surface area contributed by atoms with Crippen LogP contribution in [-0.2, 0) is 4.74 Å². The second-order valence-electron chi connectivity index (χ2n) is 7.13. The monoisotopic (exact) mass is 302 g/mol. The molecule has 3 atom stereocenters. The Hall–Kier alpha value is 0.620. The van der Waals surface area contributed by atoms with E-state index in [0.717, 1.165) is 37.4 Å². The summed E-state index contributed by atoms with van der Waals surface area (Å²) in [6.07, 6.45) is 4.42. The second-order valence-corrected chi connectivity index (χ2v) is 9.34. The van der Waals surface area contributed by atoms with Gasteiger partial charge in [-0.15, -0.1) is 0 Å². The molecule has 3 unspecified atom stereocenters. The highest BCUT2D eigenvalue weighted by Gasteiger charge is 2.54. The Bertz CT molecular complexity index is 339. The van der Waals surface area contributed by atoms with Gasteiger partial charge in [0.05, 0.1) is 11.2 Å². The smallest absolute Gasteiger partial charge is 0.0818 e. The Morgan fingerprint density at radius 2 is 1.84 bits per heavy atom. The van der Waals surface area contributed by atoms with Gasteiger partial charge in [-0.1, -0.05) is 13.8 Å². The number of thioether (sulfide) groups is 2. The van der Waals surface area contributed by atoms with Crippen molar-refractivity contribution in [2.45, 2.75) is 50.7 Å². The molecular weight excluding hydrogens is 276 g/mol. The molecule has 0 saturated carbocycles. The highest BCUT2D eigenvalue weighted by Crippen LogP contribution is 2.52. The van der Waals surface area contributed by atoms with E-state index in [2.05, 4.69) is 13.8 Å². The third-order valence-corrected chi connectivity index (χ3v) is 7.96. The van der Waals surface area contributed by atoms with Crippen LogP contribution in [0.4, 0.5) is 0 Å². The molecule has 4 heteroatoms. The van der Waals surface area contributed by atoms with Crippen molar-refractivity contribution in [3.63, 3.8) is 0 Å². The van der Waals surface area contributed by atoms with Crippen LogP contribution in [0.3, 0.4) is 0 Å². The average molecular weight is 303 g/mol. The minimum Gasteiger partial charge on any atom is -0.388 e. The lowest BCUT2D eigenvalue weighted by atomic mass is 9.63. The van der Waals surface area contributed by atoms with E-state index in [1.165, 1.54) is 17.9 Å². The van der Waals surface area contributed by atoms with Crippen LogP contribution >= 0.6 is 23.5 Å². The van der Waals surface area contributed by atoms with Gasteiger partial charge in [0.1, 0.15) is 0 Å². The zero-order valence-electron chi connectivity index (χ0n) is 12.1. The Morgan fingerprint density at radius 1 is 1.11 bits per heavy atom. The van der Waals surface area contributed by atoms with Gasteiger partial charge < -0.3 is 9.84 Å². The number of rotatable bonds is 1. The number of ether oxygens (including phenoxy) is 1. The third-order valence-electron chi connectivity index (χ3n) is 5.60. The van der Waals surface area contributed by atoms with Crippen molar-refractivity contribution in [3.8, 4) is 0 Å². The zero-order chi connectivity index (χ0) is 13.6. The molecule has 3 rings (SSSR count). The SMILES string of the molecule is CC1(C)CCSCC1(O)C1CCOC2(CCSC2)C1. The van der Waals surface area contributed by atoms with Crippen LogP contribution in [0.2, 0.25) is 0 Å². The molecule has 0 aliphatic carbocycles. The highest BCUT2D eigenvalue weighted by atomic mass is 32.2. The normalized spacial score (nSPS) is 46.6. The lowest BCUT2D eigenvalue weighted by Gasteiger charge is -2.54. The predicted octanol–water partition coefficient (Wildman–Crippen LogP) is 3.18. The molecule has 110 valence electrons. The molecule has 0 aromatic heterocycles. The van der Waals surface area contributed by atoms with Crippen molar-refractivity contribution in [2.24, 2.45) is 11.3 Å². The van der Waals surface area contributed by atoms with Crippen molar-refractivity contribution in [1.82, 2.24) is 0 Å². The van der Waals surface area contributed by atoms with Crippen LogP contribution < -0.4 is 0 Å². The van der Waals surface area contributed by atoms with Gasteiger partial charge in [0.2, 0.25) is 0 Å². The van der Waals surface area contributed by atoms with Crippen LogP contribution in [-0.4, -0.2) is 45.9 Å². The summed E-state index contributed by atoms with van der Waals surface area (Å²) in [6.45, 7) is 5.37. The minimum atomic E-state index is -0.500. The maximum atomic E-state index is 11.4. The topological polar surface area (TPSA) is 29.5 Å². The van der Waals surface area contributed by atoms with Crippen molar-refractivity contribution in [3.05, 3.63) is 0 Å². The van der Waals surface area contributed by atoms with E-state index in [-0.39, 0.29) is 11.0 Å². The van der Waals surface area contributed by atoms with Crippen molar-refractivity contribution in [2.75, 3.05) is 29.6 Å². The fraction of sp³-hybridized carbons (Fsp3) is 1.00. The Balaban J connectivity index is 1.80. The standard InChI is InChI=1S/C15H26O2S2/c1-13(2)4-7-19-11-15(13,16)12-3-6-17-14(9-12)5-8-18-10-14/h12,16H,3-11H2,1-2H3. The lowest BCUT2D eigenvalue weighted by Crippen LogP contribution is -2.58. The van der Waals surface area contributed by atoms with Gasteiger partial charge in [-0.2, -0.15) is 23.5 Å². The quantitative estimate of drug-likeness (QED) is 0.805. The molecule has 0 aromatic carbocycles. The minimum absolute atomic E-state index is 0.0488. The predicted molar refractivity (Wildman–Crippen MR) is 84.0 cm³/mol. The van der Waals surface area contributed by atoms with Crippen molar-refractivity contribution >= 4 is 23.5 Å². The summed E-state index contributed by atoms with van der Waals surface area (Å²) in [6, 6.07) is 0. The Morgan fingerprint density at radius 3 is 2.53 bits per heavy atom. The van der Waals surface area contributed by atoms with Crippen molar-refractivity contribution in [1.29, 1.82) is 0 Å². The number of hydrogen-bond acceptors (Lipinski definition) is 4. The Kier molecular flexibility index (Phi) is 3.92. The van der Waals surface area contributed by atoms with Crippen LogP contribution in [0.15, 0.2) is 0 Å². The Labute approximate surface area is 125 Å². The van der Waals surface area contributed by atoms with Crippen LogP contribution in [0, 0.1) is 11.3 Å². The molecule has 3 aliphatic heterocycles. The van der Waals surface area contributed by atoms with Gasteiger partial charge in [-0.3, -0.25) is 0 Å². The molecule has 0 radical (unpaired) electrons. The maximum Gasteiger partial charge on any atom is 0.0818 e. The summed E-state index contributed by atoms with van der Waals surface area (Å²) < 4.78 is 6.12. The summed E-state index contributed by atoms with van der Waals surface area (Å²) in [4.78, 5) is 0. The van der Waals surface area contributed by atoms with Gasteiger partial charge in [0.15, 0.2) is 0 Å². The lowest BCUT2D eigenvalue weighted by molar-refractivity contribution is -0.163. The fourth-order valence-corrected chi connectivity index (χ4v) is 7.05. The number of aliphatic hydroxyl groups is 1. The first-order valence-corrected chi connectivity index (χ1v) is 9.80. The second kappa shape index (κ2) is 5.11. The molecule has 3 saturated heterocycles. The molecular formula is C15H26O2S2. The molecule has 3 heterocycles. The molecule has 0 bridgehead atoms. The van der Waals surface area contributed by atoms with Gasteiger partial charge in [0.25, 0.3) is 0 Å². The van der Waals surface area contributed by atoms with E-state index in [9.17, 15) is 5.11 Å². The van der Waals surface area contributed by atoms with E-state index in [0.29, 0.717) is 5.92 Å². The van der Waals surface area contributed by atoms with Gasteiger partial charge in [-0.05, 0) is 48.5 Å². The van der Waals surface area contributed by atoms with Gasteiger partial charge in [-0.25, -0.2) is 0 Å². The molecule has 1 N–H and O–H groups in total. The summed E-state index contributed by atoms with van der Waals surface area (Å²) in [5.74, 6) is 4.88. The summed E-state index contributed by atoms with van der Waals surface area (Å²) >= 11 is 3.95. The largest absolute Gasteiger partial charge is 0.388 e. The summed E-state index contributed by atoms with van der Waals surface area (Å²) in [5.41, 5.74) is -0.366. The van der Waals surface area contributed by atoms with E-state index >= 15 is 0 Å². The van der Waals surface area contributed by atoms with Crippen LogP contribution in [0.25, 0.3) is 0 Å². The summed E-state index contributed by atoms with van der Waals surface area (Å²) in [7, 11) is 0. The molecule has 0 aromatic rings. The highest BCUT2D eigenvalue weighted by molar-refractivity contribution is 7.99. The molecule has 19 heavy (non-hydrogen) atoms. The summed E-state index contributed by atoms with van der Waals surface area (Å²) in [5, 5.41) is 11.4. The van der Waals surface area contributed by atoms with E-state index in [1.54, 1.807) is 0 Å². The van der Waals surface area contributed by atoms with Crippen molar-refractivity contribution < 1.29 is 9.84 Å². The first-order valence-electron chi connectivity index (χ1n) is 7.49. The third kappa shape index (κ3) is 2.47. The molecule has 0 amide bonds. The molecule has 3 aliphatic rings. The molecule has 2 nitrogen and oxygen atoms in total.